The van der Waals surface area contributed by atoms with E-state index in [9.17, 15) is 38.7 Å². The molecule has 2 bridgehead atoms. The van der Waals surface area contributed by atoms with E-state index in [1.165, 1.54) is 17.4 Å². The van der Waals surface area contributed by atoms with Crippen LogP contribution >= 0.6 is 0 Å². The number of nitrogens with zero attached hydrogens (tertiary/aromatic N) is 2. The molecule has 7 rings (SSSR count). The molecule has 12 N–H and O–H groups in total. The third-order valence-electron chi connectivity index (χ3n) is 13.5. The van der Waals surface area contributed by atoms with Crippen molar-refractivity contribution in [2.75, 3.05) is 13.1 Å². The number of aliphatic hydroxyl groups is 1. The van der Waals surface area contributed by atoms with Crippen molar-refractivity contribution >= 4 is 55.2 Å². The minimum Gasteiger partial charge on any atom is -0.404 e. The number of nitrogens with two attached hydrogens (primary N) is 3. The van der Waals surface area contributed by atoms with Crippen LogP contribution in [0, 0.1) is 11.8 Å². The van der Waals surface area contributed by atoms with Crippen LogP contribution in [0.15, 0.2) is 53.5 Å². The number of primary amides is 1. The molecule has 7 amide bonds. The summed E-state index contributed by atoms with van der Waals surface area (Å²) in [6.07, 6.45) is 0.543. The molecule has 5 aliphatic rings. The first kappa shape index (κ1) is 50.7. The number of hydrogen-bond donors (Lipinski definition) is 9. The summed E-state index contributed by atoms with van der Waals surface area (Å²) in [4.78, 5) is 97.3. The molecule has 2 aliphatic heterocycles. The zero-order valence-corrected chi connectivity index (χ0v) is 38.6. The highest BCUT2D eigenvalue weighted by Crippen LogP contribution is 2.55. The Morgan fingerprint density at radius 1 is 0.925 bits per heavy atom. The Morgan fingerprint density at radius 2 is 1.60 bits per heavy atom. The number of hydrogen-bond acceptors (Lipinski definition) is 13. The van der Waals surface area contributed by atoms with Crippen molar-refractivity contribution in [1.82, 2.24) is 31.5 Å². The standard InChI is InChI=1S/C46H65BN10O10/c1-6-7-8-26-9-11-27(12-10-26)28-13-15-29(16-14-28)41(61)52-18-17-37(60)57-23-31(48)21-34(57)43(63)55-38(24(2)58)44(64)56-40(51-5)45(65)54-33(22-36(49)59)42(62)53-25(3)47-66-35-20-30-19-32(39(35)67-47)46(30,4)50/h9-16,24-25,30-35,38-40,58H,5-8,17-23,48,50H2,1-4H3,(H2,49,59)(H,52,61)(H,53,62)(H,54,65)(H,55,63)(H,56,64). The lowest BCUT2D eigenvalue weighted by Gasteiger charge is -2.59. The topological polar surface area (TPSA) is 312 Å². The van der Waals surface area contributed by atoms with Crippen LogP contribution in [0.25, 0.3) is 11.1 Å². The zero-order valence-electron chi connectivity index (χ0n) is 38.6. The van der Waals surface area contributed by atoms with Gasteiger partial charge < -0.3 is 63.1 Å². The molecule has 2 aromatic rings. The van der Waals surface area contributed by atoms with Crippen molar-refractivity contribution in [3.63, 3.8) is 0 Å². The molecule has 2 saturated heterocycles. The van der Waals surface area contributed by atoms with Gasteiger partial charge in [-0.25, -0.2) is 0 Å². The molecule has 2 heterocycles. The van der Waals surface area contributed by atoms with Gasteiger partial charge in [-0.1, -0.05) is 49.7 Å². The Balaban J connectivity index is 0.983. The lowest BCUT2D eigenvalue weighted by molar-refractivity contribution is -0.140. The van der Waals surface area contributed by atoms with Gasteiger partial charge in [0.2, 0.25) is 29.5 Å². The Labute approximate surface area is 390 Å². The lowest BCUT2D eigenvalue weighted by Crippen LogP contribution is -2.69. The number of unbranched alkanes of at least 4 members (excludes halogenated alkanes) is 1. The maximum absolute atomic E-state index is 13.6. The summed E-state index contributed by atoms with van der Waals surface area (Å²) in [5, 5.41) is 23.1. The van der Waals surface area contributed by atoms with Gasteiger partial charge in [0.15, 0.2) is 6.17 Å². The van der Waals surface area contributed by atoms with Crippen LogP contribution in [0.4, 0.5) is 0 Å². The molecule has 3 aliphatic carbocycles. The van der Waals surface area contributed by atoms with Crippen molar-refractivity contribution < 1.29 is 48.0 Å². The van der Waals surface area contributed by atoms with Gasteiger partial charge >= 0.3 is 7.12 Å². The van der Waals surface area contributed by atoms with Crippen molar-refractivity contribution in [3.8, 4) is 11.1 Å². The van der Waals surface area contributed by atoms with E-state index in [1.807, 2.05) is 19.1 Å². The quantitative estimate of drug-likeness (QED) is 0.0549. The van der Waals surface area contributed by atoms with Crippen molar-refractivity contribution in [2.24, 2.45) is 34.0 Å². The predicted octanol–water partition coefficient (Wildman–Crippen LogP) is -0.814. The molecule has 0 spiro atoms. The summed E-state index contributed by atoms with van der Waals surface area (Å²) < 4.78 is 12.3. The molecule has 67 heavy (non-hydrogen) atoms. The number of aryl methyl sites for hydroxylation is 1. The normalized spacial score (nSPS) is 26.1. The molecule has 12 unspecified atom stereocenters. The first-order valence-electron chi connectivity index (χ1n) is 23.1. The van der Waals surface area contributed by atoms with Gasteiger partial charge in [-0.2, -0.15) is 0 Å². The third kappa shape index (κ3) is 12.1. The van der Waals surface area contributed by atoms with E-state index in [0.29, 0.717) is 11.5 Å². The molecule has 21 heteroatoms. The van der Waals surface area contributed by atoms with E-state index >= 15 is 0 Å². The minimum atomic E-state index is -1.76. The number of carbonyl (C=O) groups excluding carboxylic acids is 7. The highest BCUT2D eigenvalue weighted by molar-refractivity contribution is 6.47. The molecule has 5 fully saturated rings. The van der Waals surface area contributed by atoms with Gasteiger partial charge in [-0.3, -0.25) is 38.6 Å². The first-order valence-corrected chi connectivity index (χ1v) is 23.1. The van der Waals surface area contributed by atoms with Crippen LogP contribution in [0.1, 0.15) is 88.6 Å². The second-order valence-electron chi connectivity index (χ2n) is 18.6. The maximum atomic E-state index is 13.6. The monoisotopic (exact) mass is 928 g/mol. The fourth-order valence-corrected chi connectivity index (χ4v) is 9.49. The predicted molar refractivity (Wildman–Crippen MR) is 248 cm³/mol. The second-order valence-corrected chi connectivity index (χ2v) is 18.6. The second kappa shape index (κ2) is 21.9. The zero-order chi connectivity index (χ0) is 48.7. The average Bonchev–Trinajstić information content (AvgIpc) is 3.93. The van der Waals surface area contributed by atoms with E-state index < -0.39 is 91.4 Å². The van der Waals surface area contributed by atoms with Gasteiger partial charge in [0.05, 0.1) is 30.7 Å². The smallest absolute Gasteiger partial charge is 0.404 e. The van der Waals surface area contributed by atoms with Crippen LogP contribution in [-0.2, 0) is 44.5 Å². The van der Waals surface area contributed by atoms with Crippen molar-refractivity contribution in [1.29, 1.82) is 0 Å². The van der Waals surface area contributed by atoms with Crippen LogP contribution < -0.4 is 43.8 Å². The number of amides is 7. The van der Waals surface area contributed by atoms with E-state index in [0.717, 1.165) is 43.2 Å². The molecule has 3 saturated carbocycles. The third-order valence-corrected chi connectivity index (χ3v) is 13.5. The molecule has 12 atom stereocenters. The average molecular weight is 929 g/mol. The Bertz CT molecular complexity index is 2160. The number of aliphatic imine (C=N–C) groups is 1. The minimum absolute atomic E-state index is 0.0231. The highest BCUT2D eigenvalue weighted by Gasteiger charge is 2.63. The number of likely N-dealkylation sites (tertiary alicyclic amines) is 1. The summed E-state index contributed by atoms with van der Waals surface area (Å²) in [6.45, 7) is 10.4. The van der Waals surface area contributed by atoms with Crippen LogP contribution in [0.5, 0.6) is 0 Å². The largest absolute Gasteiger partial charge is 0.481 e. The summed E-state index contributed by atoms with van der Waals surface area (Å²) in [5.41, 5.74) is 21.4. The van der Waals surface area contributed by atoms with Crippen LogP contribution in [-0.4, -0.2) is 138 Å². The summed E-state index contributed by atoms with van der Waals surface area (Å²) in [5.74, 6) is -5.76. The van der Waals surface area contributed by atoms with E-state index in [2.05, 4.69) is 69.5 Å². The lowest BCUT2D eigenvalue weighted by atomic mass is 9.51. The van der Waals surface area contributed by atoms with Gasteiger partial charge in [0, 0.05) is 42.6 Å². The summed E-state index contributed by atoms with van der Waals surface area (Å²) in [6, 6.07) is 10.6. The van der Waals surface area contributed by atoms with Gasteiger partial charge in [-0.05, 0) is 94.3 Å². The molecule has 0 aromatic heterocycles. The van der Waals surface area contributed by atoms with Crippen molar-refractivity contribution in [2.45, 2.75) is 139 Å². The van der Waals surface area contributed by atoms with Crippen LogP contribution in [0.2, 0.25) is 0 Å². The Kier molecular flexibility index (Phi) is 16.6. The van der Waals surface area contributed by atoms with E-state index in [1.54, 1.807) is 19.1 Å². The number of benzene rings is 2. The van der Waals surface area contributed by atoms with Crippen molar-refractivity contribution in [3.05, 3.63) is 59.7 Å². The fourth-order valence-electron chi connectivity index (χ4n) is 9.49. The SMILES string of the molecule is C=NC(NC(=O)C(NC(=O)C1CC(N)CN1C(=O)CCNC(=O)c1ccc(-c2ccc(CCCC)cc2)cc1)C(C)O)C(=O)NC(CC(N)=O)C(=O)NC(C)B1OC2CC3CC(C2O1)C3(C)N. The molecule has 2 aromatic carbocycles. The Hall–Kier alpha value is -5.74. The first-order chi connectivity index (χ1) is 31.8. The highest BCUT2D eigenvalue weighted by atomic mass is 16.7. The summed E-state index contributed by atoms with van der Waals surface area (Å²) >= 11 is 0. The molecular weight excluding hydrogens is 863 g/mol. The molecule has 20 nitrogen and oxygen atoms in total. The van der Waals surface area contributed by atoms with E-state index in [-0.39, 0.29) is 55.5 Å². The number of carbonyl (C=O) groups is 7. The fraction of sp³-hybridized carbons (Fsp3) is 0.565. The summed E-state index contributed by atoms with van der Waals surface area (Å²) in [7, 11) is -0.814. The Morgan fingerprint density at radius 3 is 2.21 bits per heavy atom. The number of nitrogens with one attached hydrogen (secondary N) is 5. The maximum Gasteiger partial charge on any atom is 0.481 e. The molecular formula is C46H65BN10O10. The van der Waals surface area contributed by atoms with Gasteiger partial charge in [0.1, 0.15) is 18.1 Å². The molecule has 0 radical (unpaired) electrons. The van der Waals surface area contributed by atoms with Gasteiger partial charge in [0.25, 0.3) is 11.8 Å². The van der Waals surface area contributed by atoms with Crippen LogP contribution in [0.3, 0.4) is 0 Å². The van der Waals surface area contributed by atoms with Gasteiger partial charge in [-0.15, -0.1) is 0 Å². The molecule has 362 valence electrons. The number of aliphatic hydroxyl groups excluding tert-OH is 1. The number of rotatable bonds is 21. The van der Waals surface area contributed by atoms with E-state index in [4.69, 9.17) is 26.5 Å².